The third-order valence-electron chi connectivity index (χ3n) is 6.37. The standard InChI is InChI=1S/C24H28N2O3/c27-24(25-20-8-3-6-17-5-1-2-7-19(17)20)16-26-12-4-9-21(26)18-10-11-22-23(15-18)29-14-13-28-22/h1-2,5,7,10-11,15,20-21H,3-4,6,8-9,12-14,16H2,(H,25,27)/t20-,21-/m0/s1. The molecule has 0 aromatic heterocycles. The molecule has 0 spiro atoms. The van der Waals surface area contributed by atoms with Crippen LogP contribution in [0.2, 0.25) is 0 Å². The number of likely N-dealkylation sites (tertiary alicyclic amines) is 1. The van der Waals surface area contributed by atoms with Crippen molar-refractivity contribution >= 4 is 5.91 Å². The number of nitrogens with zero attached hydrogens (tertiary/aromatic N) is 1. The van der Waals surface area contributed by atoms with Gasteiger partial charge in [-0.15, -0.1) is 0 Å². The molecule has 1 fully saturated rings. The number of nitrogens with one attached hydrogen (secondary N) is 1. The number of carbonyl (C=O) groups excluding carboxylic acids is 1. The second-order valence-electron chi connectivity index (χ2n) is 8.24. The van der Waals surface area contributed by atoms with Crippen LogP contribution in [0.5, 0.6) is 11.5 Å². The molecule has 1 N–H and O–H groups in total. The fourth-order valence-electron chi connectivity index (χ4n) is 4.99. The highest BCUT2D eigenvalue weighted by molar-refractivity contribution is 5.78. The molecule has 29 heavy (non-hydrogen) atoms. The molecule has 2 atom stereocenters. The molecule has 2 heterocycles. The monoisotopic (exact) mass is 392 g/mol. The molecule has 5 nitrogen and oxygen atoms in total. The Morgan fingerprint density at radius 1 is 1.03 bits per heavy atom. The Morgan fingerprint density at radius 2 is 1.90 bits per heavy atom. The number of hydrogen-bond acceptors (Lipinski definition) is 4. The maximum atomic E-state index is 12.9. The number of rotatable bonds is 4. The lowest BCUT2D eigenvalue weighted by molar-refractivity contribution is -0.123. The van der Waals surface area contributed by atoms with Crippen molar-refractivity contribution in [3.8, 4) is 11.5 Å². The highest BCUT2D eigenvalue weighted by Gasteiger charge is 2.30. The number of aryl methyl sites for hydroxylation is 1. The first-order chi connectivity index (χ1) is 14.3. The predicted molar refractivity (Wildman–Crippen MR) is 111 cm³/mol. The average Bonchev–Trinajstić information content (AvgIpc) is 3.21. The Hall–Kier alpha value is -2.53. The molecule has 0 radical (unpaired) electrons. The van der Waals surface area contributed by atoms with Crippen LogP contribution in [-0.2, 0) is 11.2 Å². The normalized spacial score (nSPS) is 23.4. The van der Waals surface area contributed by atoms with Crippen LogP contribution >= 0.6 is 0 Å². The van der Waals surface area contributed by atoms with Crippen molar-refractivity contribution in [2.45, 2.75) is 44.2 Å². The van der Waals surface area contributed by atoms with E-state index < -0.39 is 0 Å². The van der Waals surface area contributed by atoms with Gasteiger partial charge in [0.05, 0.1) is 12.6 Å². The molecule has 2 aliphatic heterocycles. The summed E-state index contributed by atoms with van der Waals surface area (Å²) >= 11 is 0. The molecule has 1 saturated heterocycles. The molecule has 1 amide bonds. The zero-order valence-electron chi connectivity index (χ0n) is 16.7. The number of fused-ring (bicyclic) bond motifs is 2. The van der Waals surface area contributed by atoms with Crippen LogP contribution in [-0.4, -0.2) is 37.1 Å². The van der Waals surface area contributed by atoms with Crippen LogP contribution in [0.3, 0.4) is 0 Å². The maximum absolute atomic E-state index is 12.9. The molecule has 0 unspecified atom stereocenters. The molecule has 1 aliphatic carbocycles. The third kappa shape index (κ3) is 3.84. The quantitative estimate of drug-likeness (QED) is 0.860. The van der Waals surface area contributed by atoms with Crippen molar-refractivity contribution in [3.05, 3.63) is 59.2 Å². The van der Waals surface area contributed by atoms with E-state index in [0.717, 1.165) is 50.1 Å². The Bertz CT molecular complexity index is 897. The van der Waals surface area contributed by atoms with Gasteiger partial charge in [-0.3, -0.25) is 9.69 Å². The molecule has 152 valence electrons. The van der Waals surface area contributed by atoms with Crippen molar-refractivity contribution in [1.29, 1.82) is 0 Å². The largest absolute Gasteiger partial charge is 0.486 e. The Labute approximate surface area is 172 Å². The first-order valence-electron chi connectivity index (χ1n) is 10.8. The van der Waals surface area contributed by atoms with Gasteiger partial charge >= 0.3 is 0 Å². The molecule has 2 aromatic carbocycles. The van der Waals surface area contributed by atoms with E-state index in [-0.39, 0.29) is 18.0 Å². The van der Waals surface area contributed by atoms with Gasteiger partial charge < -0.3 is 14.8 Å². The molecular weight excluding hydrogens is 364 g/mol. The van der Waals surface area contributed by atoms with E-state index in [1.54, 1.807) is 0 Å². The summed E-state index contributed by atoms with van der Waals surface area (Å²) in [6.45, 7) is 2.59. The third-order valence-corrected chi connectivity index (χ3v) is 6.37. The minimum absolute atomic E-state index is 0.121. The van der Waals surface area contributed by atoms with Crippen LogP contribution in [0.15, 0.2) is 42.5 Å². The van der Waals surface area contributed by atoms with Gasteiger partial charge in [-0.2, -0.15) is 0 Å². The van der Waals surface area contributed by atoms with Gasteiger partial charge in [-0.1, -0.05) is 30.3 Å². The summed E-state index contributed by atoms with van der Waals surface area (Å²) in [5, 5.41) is 3.30. The van der Waals surface area contributed by atoms with Crippen LogP contribution in [0.25, 0.3) is 0 Å². The lowest BCUT2D eigenvalue weighted by Crippen LogP contribution is -2.39. The smallest absolute Gasteiger partial charge is 0.234 e. The summed E-state index contributed by atoms with van der Waals surface area (Å²) in [5.74, 6) is 1.76. The summed E-state index contributed by atoms with van der Waals surface area (Å²) in [6, 6.07) is 15.1. The lowest BCUT2D eigenvalue weighted by Gasteiger charge is -2.29. The van der Waals surface area contributed by atoms with E-state index in [1.807, 2.05) is 6.07 Å². The van der Waals surface area contributed by atoms with Gasteiger partial charge in [0.25, 0.3) is 0 Å². The average molecular weight is 392 g/mol. The summed E-state index contributed by atoms with van der Waals surface area (Å²) in [7, 11) is 0. The van der Waals surface area contributed by atoms with Gasteiger partial charge in [0, 0.05) is 6.04 Å². The van der Waals surface area contributed by atoms with Crippen LogP contribution in [0.1, 0.15) is 54.5 Å². The van der Waals surface area contributed by atoms with Crippen molar-refractivity contribution in [3.63, 3.8) is 0 Å². The van der Waals surface area contributed by atoms with Gasteiger partial charge in [0.15, 0.2) is 11.5 Å². The van der Waals surface area contributed by atoms with Crippen molar-refractivity contribution < 1.29 is 14.3 Å². The minimum atomic E-state index is 0.121. The first kappa shape index (κ1) is 18.5. The Morgan fingerprint density at radius 3 is 2.83 bits per heavy atom. The number of benzene rings is 2. The molecule has 5 heteroatoms. The summed E-state index contributed by atoms with van der Waals surface area (Å²) in [6.07, 6.45) is 5.44. The van der Waals surface area contributed by atoms with Gasteiger partial charge in [-0.25, -0.2) is 0 Å². The number of hydrogen-bond donors (Lipinski definition) is 1. The van der Waals surface area contributed by atoms with Crippen LogP contribution in [0.4, 0.5) is 0 Å². The SMILES string of the molecule is O=C(CN1CCC[C@H]1c1ccc2c(c1)OCCO2)N[C@H]1CCCc2ccccc21. The zero-order chi connectivity index (χ0) is 19.6. The van der Waals surface area contributed by atoms with E-state index in [1.165, 1.54) is 16.7 Å². The Kier molecular flexibility index (Phi) is 5.15. The van der Waals surface area contributed by atoms with Crippen molar-refractivity contribution in [1.82, 2.24) is 10.2 Å². The van der Waals surface area contributed by atoms with Gasteiger partial charge in [0.1, 0.15) is 13.2 Å². The molecular formula is C24H28N2O3. The minimum Gasteiger partial charge on any atom is -0.486 e. The number of ether oxygens (including phenoxy) is 2. The van der Waals surface area contributed by atoms with E-state index in [4.69, 9.17) is 9.47 Å². The lowest BCUT2D eigenvalue weighted by atomic mass is 9.88. The predicted octanol–water partition coefficient (Wildman–Crippen LogP) is 3.79. The highest BCUT2D eigenvalue weighted by atomic mass is 16.6. The first-order valence-corrected chi connectivity index (χ1v) is 10.8. The van der Waals surface area contributed by atoms with Crippen molar-refractivity contribution in [2.24, 2.45) is 0 Å². The van der Waals surface area contributed by atoms with Gasteiger partial charge in [-0.05, 0) is 67.5 Å². The number of carbonyl (C=O) groups is 1. The summed E-state index contributed by atoms with van der Waals surface area (Å²) < 4.78 is 11.4. The fraction of sp³-hybridized carbons (Fsp3) is 0.458. The molecule has 3 aliphatic rings. The van der Waals surface area contributed by atoms with E-state index in [0.29, 0.717) is 19.8 Å². The van der Waals surface area contributed by atoms with E-state index in [9.17, 15) is 4.79 Å². The van der Waals surface area contributed by atoms with Gasteiger partial charge in [0.2, 0.25) is 5.91 Å². The zero-order valence-corrected chi connectivity index (χ0v) is 16.7. The Balaban J connectivity index is 1.26. The summed E-state index contributed by atoms with van der Waals surface area (Å²) in [5.41, 5.74) is 3.87. The second kappa shape index (κ2) is 8.07. The molecule has 5 rings (SSSR count). The van der Waals surface area contributed by atoms with Crippen LogP contribution < -0.4 is 14.8 Å². The van der Waals surface area contributed by atoms with Crippen LogP contribution in [0, 0.1) is 0 Å². The highest BCUT2D eigenvalue weighted by Crippen LogP contribution is 2.38. The number of amides is 1. The summed E-state index contributed by atoms with van der Waals surface area (Å²) in [4.78, 5) is 15.2. The van der Waals surface area contributed by atoms with E-state index in [2.05, 4.69) is 46.6 Å². The molecule has 2 aromatic rings. The molecule has 0 saturated carbocycles. The maximum Gasteiger partial charge on any atom is 0.234 e. The van der Waals surface area contributed by atoms with E-state index >= 15 is 0 Å². The second-order valence-corrected chi connectivity index (χ2v) is 8.24. The van der Waals surface area contributed by atoms with Crippen molar-refractivity contribution in [2.75, 3.05) is 26.3 Å². The molecule has 0 bridgehead atoms. The topological polar surface area (TPSA) is 50.8 Å². The fourth-order valence-corrected chi connectivity index (χ4v) is 4.99.